The molecule has 4 heteroatoms. The van der Waals surface area contributed by atoms with Crippen molar-refractivity contribution < 1.29 is 4.79 Å². The monoisotopic (exact) mass is 377 g/mol. The van der Waals surface area contributed by atoms with E-state index in [1.807, 2.05) is 6.07 Å². The van der Waals surface area contributed by atoms with Crippen molar-refractivity contribution >= 4 is 5.78 Å². The Morgan fingerprint density at radius 2 is 1.79 bits per heavy atom. The summed E-state index contributed by atoms with van der Waals surface area (Å²) in [5.41, 5.74) is 5.39. The predicted octanol–water partition coefficient (Wildman–Crippen LogP) is 3.70. The average molecular weight is 378 g/mol. The molecule has 1 saturated heterocycles. The third-order valence-electron chi connectivity index (χ3n) is 7.02. The van der Waals surface area contributed by atoms with E-state index in [9.17, 15) is 4.79 Å². The third kappa shape index (κ3) is 3.44. The van der Waals surface area contributed by atoms with Crippen LogP contribution in [0.2, 0.25) is 0 Å². The molecule has 2 heterocycles. The number of fused-ring (bicyclic) bond motifs is 2. The summed E-state index contributed by atoms with van der Waals surface area (Å²) in [7, 11) is 0. The highest BCUT2D eigenvalue weighted by Crippen LogP contribution is 2.35. The number of piperazine rings is 1. The Morgan fingerprint density at radius 3 is 2.68 bits per heavy atom. The lowest BCUT2D eigenvalue weighted by Gasteiger charge is -2.38. The van der Waals surface area contributed by atoms with Gasteiger partial charge in [0.15, 0.2) is 5.78 Å². The van der Waals surface area contributed by atoms with E-state index in [2.05, 4.69) is 44.8 Å². The molecule has 148 valence electrons. The molecule has 0 bridgehead atoms. The van der Waals surface area contributed by atoms with Crippen molar-refractivity contribution in [2.75, 3.05) is 32.7 Å². The number of hydrogen-bond donors (Lipinski definition) is 0. The molecule has 2 aromatic rings. The van der Waals surface area contributed by atoms with Gasteiger partial charge in [-0.1, -0.05) is 24.3 Å². The first-order valence-corrected chi connectivity index (χ1v) is 11.0. The van der Waals surface area contributed by atoms with E-state index in [-0.39, 0.29) is 0 Å². The van der Waals surface area contributed by atoms with Gasteiger partial charge in [0.1, 0.15) is 0 Å². The van der Waals surface area contributed by atoms with E-state index in [0.717, 1.165) is 37.9 Å². The second-order valence-electron chi connectivity index (χ2n) is 8.63. The number of carbonyl (C=O) groups excluding carboxylic acids is 1. The molecule has 4 nitrogen and oxygen atoms in total. The van der Waals surface area contributed by atoms with Crippen LogP contribution in [0.4, 0.5) is 0 Å². The first kappa shape index (κ1) is 18.1. The maximum absolute atomic E-state index is 12.0. The lowest BCUT2D eigenvalue weighted by Crippen LogP contribution is -2.47. The molecule has 28 heavy (non-hydrogen) atoms. The van der Waals surface area contributed by atoms with Gasteiger partial charge in [-0.25, -0.2) is 0 Å². The van der Waals surface area contributed by atoms with Gasteiger partial charge in [-0.2, -0.15) is 0 Å². The first-order valence-electron chi connectivity index (χ1n) is 11.0. The largest absolute Gasteiger partial charge is 0.351 e. The summed E-state index contributed by atoms with van der Waals surface area (Å²) in [4.78, 5) is 17.3. The van der Waals surface area contributed by atoms with Crippen molar-refractivity contribution in [3.05, 3.63) is 58.9 Å². The van der Waals surface area contributed by atoms with Crippen LogP contribution in [-0.4, -0.2) is 52.9 Å². The van der Waals surface area contributed by atoms with Crippen LogP contribution in [0.15, 0.2) is 36.5 Å². The standard InChI is InChI=1S/C24H31N3O/c28-24-8-3-7-22-21(24)11-14-26(22)13-4-12-25-15-17-27(18-16-25)23-10-9-19-5-1-2-6-20(19)23/h1-2,5-6,11,14,23H,3-4,7-10,12-13,15-18H2. The second kappa shape index (κ2) is 7.84. The molecule has 1 aliphatic heterocycles. The van der Waals surface area contributed by atoms with E-state index in [1.165, 1.54) is 51.1 Å². The minimum atomic E-state index is 0.338. The molecule has 0 spiro atoms. The zero-order chi connectivity index (χ0) is 18.9. The van der Waals surface area contributed by atoms with E-state index < -0.39 is 0 Å². The van der Waals surface area contributed by atoms with E-state index in [4.69, 9.17) is 0 Å². The molecule has 2 aliphatic carbocycles. The van der Waals surface area contributed by atoms with Crippen LogP contribution in [0.25, 0.3) is 0 Å². The quantitative estimate of drug-likeness (QED) is 0.795. The van der Waals surface area contributed by atoms with Crippen molar-refractivity contribution in [1.29, 1.82) is 0 Å². The number of aryl methyl sites for hydroxylation is 2. The average Bonchev–Trinajstić information content (AvgIpc) is 3.34. The summed E-state index contributed by atoms with van der Waals surface area (Å²) in [6.45, 7) is 6.94. The second-order valence-corrected chi connectivity index (χ2v) is 8.63. The van der Waals surface area contributed by atoms with Crippen LogP contribution in [-0.2, 0) is 19.4 Å². The molecular weight excluding hydrogens is 346 g/mol. The molecular formula is C24H31N3O. The number of benzene rings is 1. The van der Waals surface area contributed by atoms with Gasteiger partial charge in [-0.15, -0.1) is 0 Å². The molecule has 0 N–H and O–H groups in total. The lowest BCUT2D eigenvalue weighted by atomic mass is 9.97. The molecule has 1 aromatic heterocycles. The maximum Gasteiger partial charge on any atom is 0.164 e. The number of nitrogens with zero attached hydrogens (tertiary/aromatic N) is 3. The van der Waals surface area contributed by atoms with Crippen molar-refractivity contribution in [2.24, 2.45) is 0 Å². The van der Waals surface area contributed by atoms with Gasteiger partial charge in [-0.05, 0) is 55.8 Å². The molecule has 1 aromatic carbocycles. The minimum Gasteiger partial charge on any atom is -0.351 e. The highest BCUT2D eigenvalue weighted by atomic mass is 16.1. The van der Waals surface area contributed by atoms with Crippen molar-refractivity contribution in [1.82, 2.24) is 14.4 Å². The summed E-state index contributed by atoms with van der Waals surface area (Å²) >= 11 is 0. The molecule has 0 radical (unpaired) electrons. The summed E-state index contributed by atoms with van der Waals surface area (Å²) in [5, 5.41) is 0. The number of rotatable bonds is 5. The first-order chi connectivity index (χ1) is 13.8. The summed E-state index contributed by atoms with van der Waals surface area (Å²) in [5.74, 6) is 0.338. The highest BCUT2D eigenvalue weighted by Gasteiger charge is 2.29. The van der Waals surface area contributed by atoms with Crippen LogP contribution in [0.5, 0.6) is 0 Å². The molecule has 1 unspecified atom stereocenters. The summed E-state index contributed by atoms with van der Waals surface area (Å²) in [6, 6.07) is 11.7. The molecule has 3 aliphatic rings. The topological polar surface area (TPSA) is 28.5 Å². The van der Waals surface area contributed by atoms with Gasteiger partial charge in [0.05, 0.1) is 0 Å². The van der Waals surface area contributed by atoms with Crippen LogP contribution in [0.3, 0.4) is 0 Å². The van der Waals surface area contributed by atoms with Crippen LogP contribution >= 0.6 is 0 Å². The van der Waals surface area contributed by atoms with E-state index >= 15 is 0 Å². The summed E-state index contributed by atoms with van der Waals surface area (Å²) < 4.78 is 2.33. The van der Waals surface area contributed by atoms with Gasteiger partial charge in [-0.3, -0.25) is 9.69 Å². The van der Waals surface area contributed by atoms with Gasteiger partial charge < -0.3 is 9.47 Å². The smallest absolute Gasteiger partial charge is 0.164 e. The Bertz CT molecular complexity index is 847. The Labute approximate surface area is 168 Å². The molecule has 0 amide bonds. The van der Waals surface area contributed by atoms with Crippen molar-refractivity contribution in [2.45, 2.75) is 51.1 Å². The molecule has 1 fully saturated rings. The fourth-order valence-corrected chi connectivity index (χ4v) is 5.48. The van der Waals surface area contributed by atoms with Gasteiger partial charge in [0, 0.05) is 62.6 Å². The summed E-state index contributed by atoms with van der Waals surface area (Å²) in [6.07, 6.45) is 8.64. The third-order valence-corrected chi connectivity index (χ3v) is 7.02. The number of aromatic nitrogens is 1. The normalized spacial score (nSPS) is 23.0. The van der Waals surface area contributed by atoms with Crippen molar-refractivity contribution in [3.8, 4) is 0 Å². The fourth-order valence-electron chi connectivity index (χ4n) is 5.48. The number of carbonyl (C=O) groups is 1. The Kier molecular flexibility index (Phi) is 5.08. The Hall–Kier alpha value is -1.91. The SMILES string of the molecule is O=C1CCCc2c1ccn2CCCN1CCN(C2CCc3ccccc32)CC1. The Morgan fingerprint density at radius 1 is 0.929 bits per heavy atom. The van der Waals surface area contributed by atoms with Gasteiger partial charge in [0.25, 0.3) is 0 Å². The fraction of sp³-hybridized carbons (Fsp3) is 0.542. The Balaban J connectivity index is 1.11. The molecule has 1 atom stereocenters. The van der Waals surface area contributed by atoms with Crippen molar-refractivity contribution in [3.63, 3.8) is 0 Å². The van der Waals surface area contributed by atoms with Gasteiger partial charge in [0.2, 0.25) is 0 Å². The minimum absolute atomic E-state index is 0.338. The maximum atomic E-state index is 12.0. The predicted molar refractivity (Wildman–Crippen MR) is 112 cm³/mol. The van der Waals surface area contributed by atoms with Crippen LogP contribution in [0.1, 0.15) is 58.9 Å². The van der Waals surface area contributed by atoms with Gasteiger partial charge >= 0.3 is 0 Å². The van der Waals surface area contributed by atoms with Crippen LogP contribution in [0, 0.1) is 0 Å². The van der Waals surface area contributed by atoms with E-state index in [1.54, 1.807) is 11.1 Å². The van der Waals surface area contributed by atoms with E-state index in [0.29, 0.717) is 11.8 Å². The number of hydrogen-bond acceptors (Lipinski definition) is 3. The highest BCUT2D eigenvalue weighted by molar-refractivity contribution is 5.98. The molecule has 5 rings (SSSR count). The number of ketones is 1. The zero-order valence-corrected chi connectivity index (χ0v) is 16.8. The van der Waals surface area contributed by atoms with Crippen LogP contribution < -0.4 is 0 Å². The lowest BCUT2D eigenvalue weighted by molar-refractivity contribution is 0.0943. The zero-order valence-electron chi connectivity index (χ0n) is 16.8. The molecule has 0 saturated carbocycles. The number of Topliss-reactive ketones (excluding diaryl/α,β-unsaturated/α-hetero) is 1.